The number of nitrogens with zero attached hydrogens (tertiary/aromatic N) is 3. The van der Waals surface area contributed by atoms with E-state index in [1.807, 2.05) is 18.2 Å². The minimum Gasteiger partial charge on any atom is -0.455 e. The maximum absolute atomic E-state index is 6.68. The molecule has 10 aromatic rings. The third kappa shape index (κ3) is 6.26. The van der Waals surface area contributed by atoms with Crippen LogP contribution in [0.3, 0.4) is 0 Å². The maximum Gasteiger partial charge on any atom is 0.164 e. The fourth-order valence-corrected chi connectivity index (χ4v) is 7.29. The molecular formula is C51H33N3O. The lowest BCUT2D eigenvalue weighted by Gasteiger charge is -2.10. The molecule has 0 spiro atoms. The summed E-state index contributed by atoms with van der Waals surface area (Å²) in [7, 11) is 0. The van der Waals surface area contributed by atoms with E-state index in [1.165, 1.54) is 11.1 Å². The van der Waals surface area contributed by atoms with Gasteiger partial charge < -0.3 is 4.42 Å². The third-order valence-electron chi connectivity index (χ3n) is 10.2. The van der Waals surface area contributed by atoms with Crippen LogP contribution in [0.25, 0.3) is 101 Å². The van der Waals surface area contributed by atoms with E-state index in [-0.39, 0.29) is 0 Å². The van der Waals surface area contributed by atoms with Crippen LogP contribution in [0.1, 0.15) is 0 Å². The van der Waals surface area contributed by atoms with Crippen molar-refractivity contribution in [2.75, 3.05) is 0 Å². The Morgan fingerprint density at radius 3 is 1.13 bits per heavy atom. The summed E-state index contributed by atoms with van der Waals surface area (Å²) in [5.41, 5.74) is 13.5. The van der Waals surface area contributed by atoms with Gasteiger partial charge in [0.2, 0.25) is 0 Å². The highest BCUT2D eigenvalue weighted by atomic mass is 16.3. The van der Waals surface area contributed by atoms with E-state index in [0.717, 1.165) is 72.0 Å². The Kier molecular flexibility index (Phi) is 8.12. The highest BCUT2D eigenvalue weighted by Gasteiger charge is 2.17. The van der Waals surface area contributed by atoms with Gasteiger partial charge in [0, 0.05) is 33.0 Å². The zero-order chi connectivity index (χ0) is 36.6. The zero-order valence-electron chi connectivity index (χ0n) is 29.8. The van der Waals surface area contributed by atoms with Crippen molar-refractivity contribution in [2.45, 2.75) is 0 Å². The summed E-state index contributed by atoms with van der Waals surface area (Å²) in [6, 6.07) is 69.3. The number of fused-ring (bicyclic) bond motifs is 3. The highest BCUT2D eigenvalue weighted by molar-refractivity contribution is 6.10. The number of hydrogen-bond acceptors (Lipinski definition) is 4. The summed E-state index contributed by atoms with van der Waals surface area (Å²) in [6.07, 6.45) is 0. The van der Waals surface area contributed by atoms with E-state index in [4.69, 9.17) is 19.4 Å². The fourth-order valence-electron chi connectivity index (χ4n) is 7.29. The molecule has 0 aliphatic heterocycles. The van der Waals surface area contributed by atoms with Crippen molar-refractivity contribution >= 4 is 21.9 Å². The maximum atomic E-state index is 6.68. The van der Waals surface area contributed by atoms with Crippen molar-refractivity contribution in [1.82, 2.24) is 15.0 Å². The van der Waals surface area contributed by atoms with Crippen LogP contribution >= 0.6 is 0 Å². The minimum atomic E-state index is 0.582. The van der Waals surface area contributed by atoms with Gasteiger partial charge in [0.25, 0.3) is 0 Å². The summed E-state index contributed by atoms with van der Waals surface area (Å²) in [4.78, 5) is 15.2. The Hall–Kier alpha value is -7.43. The summed E-state index contributed by atoms with van der Waals surface area (Å²) < 4.78 is 6.68. The molecule has 55 heavy (non-hydrogen) atoms. The number of benzene rings is 8. The number of para-hydroxylation sites is 1. The molecule has 0 fully saturated rings. The number of furan rings is 1. The van der Waals surface area contributed by atoms with Crippen molar-refractivity contribution < 1.29 is 4.42 Å². The van der Waals surface area contributed by atoms with Gasteiger partial charge in [0.05, 0.1) is 0 Å². The van der Waals surface area contributed by atoms with Gasteiger partial charge in [-0.25, -0.2) is 15.0 Å². The van der Waals surface area contributed by atoms with Gasteiger partial charge in [0.1, 0.15) is 11.2 Å². The molecule has 0 aliphatic carbocycles. The van der Waals surface area contributed by atoms with Crippen LogP contribution in [-0.4, -0.2) is 15.0 Å². The van der Waals surface area contributed by atoms with Gasteiger partial charge in [0.15, 0.2) is 17.5 Å². The Bertz CT molecular complexity index is 2820. The molecule has 8 aromatic carbocycles. The van der Waals surface area contributed by atoms with E-state index in [1.54, 1.807) is 0 Å². The molecule has 0 N–H and O–H groups in total. The van der Waals surface area contributed by atoms with E-state index in [2.05, 4.69) is 182 Å². The van der Waals surface area contributed by atoms with Crippen LogP contribution in [0, 0.1) is 0 Å². The molecule has 0 saturated heterocycles. The number of rotatable bonds is 7. The molecule has 10 rings (SSSR count). The number of hydrogen-bond donors (Lipinski definition) is 0. The molecule has 4 nitrogen and oxygen atoms in total. The first-order valence-corrected chi connectivity index (χ1v) is 18.4. The lowest BCUT2D eigenvalue weighted by Crippen LogP contribution is -2.00. The molecule has 0 saturated carbocycles. The van der Waals surface area contributed by atoms with Crippen molar-refractivity contribution in [3.8, 4) is 78.7 Å². The molecule has 0 aliphatic rings. The van der Waals surface area contributed by atoms with Gasteiger partial charge in [-0.1, -0.05) is 188 Å². The van der Waals surface area contributed by atoms with Crippen molar-refractivity contribution in [3.63, 3.8) is 0 Å². The fraction of sp³-hybridized carbons (Fsp3) is 0. The summed E-state index contributed by atoms with van der Waals surface area (Å²) in [5.74, 6) is 1.80. The van der Waals surface area contributed by atoms with E-state index < -0.39 is 0 Å². The molecular weight excluding hydrogens is 671 g/mol. The highest BCUT2D eigenvalue weighted by Crippen LogP contribution is 2.38. The Morgan fingerprint density at radius 2 is 0.655 bits per heavy atom. The molecule has 0 unspecified atom stereocenters. The van der Waals surface area contributed by atoms with Gasteiger partial charge in [-0.05, 0) is 51.1 Å². The standard InChI is InChI=1S/C51H33N3O/c1-4-11-34(12-5-1)37-19-25-40(26-20-37)44-17-10-18-46-45-32-31-43(33-47(45)55-48(44)46)51-53-49(41-27-21-38(22-28-41)35-13-6-2-7-14-35)52-50(54-51)42-29-23-39(24-30-42)36-15-8-3-9-16-36/h1-33H. The molecule has 0 radical (unpaired) electrons. The molecule has 258 valence electrons. The average Bonchev–Trinajstić information content (AvgIpc) is 3.66. The van der Waals surface area contributed by atoms with Crippen molar-refractivity contribution in [1.29, 1.82) is 0 Å². The largest absolute Gasteiger partial charge is 0.455 e. The van der Waals surface area contributed by atoms with E-state index in [0.29, 0.717) is 17.5 Å². The zero-order valence-corrected chi connectivity index (χ0v) is 29.8. The second-order valence-electron chi connectivity index (χ2n) is 13.6. The topological polar surface area (TPSA) is 51.8 Å². The first kappa shape index (κ1) is 32.2. The third-order valence-corrected chi connectivity index (χ3v) is 10.2. The Balaban J connectivity index is 1.05. The number of aromatic nitrogens is 3. The summed E-state index contributed by atoms with van der Waals surface area (Å²) in [6.45, 7) is 0. The SMILES string of the molecule is c1ccc(-c2ccc(-c3nc(-c4ccc(-c5ccccc5)cc4)nc(-c4ccc5c(c4)oc4c(-c6ccc(-c7ccccc7)cc6)cccc45)n3)cc2)cc1. The summed E-state index contributed by atoms with van der Waals surface area (Å²) in [5, 5.41) is 2.12. The molecule has 0 amide bonds. The van der Waals surface area contributed by atoms with Crippen molar-refractivity contribution in [3.05, 3.63) is 200 Å². The Labute approximate surface area is 319 Å². The Morgan fingerprint density at radius 1 is 0.273 bits per heavy atom. The van der Waals surface area contributed by atoms with E-state index in [9.17, 15) is 0 Å². The van der Waals surface area contributed by atoms with E-state index >= 15 is 0 Å². The monoisotopic (exact) mass is 703 g/mol. The van der Waals surface area contributed by atoms with Gasteiger partial charge in [-0.15, -0.1) is 0 Å². The van der Waals surface area contributed by atoms with Crippen LogP contribution in [0.15, 0.2) is 205 Å². The van der Waals surface area contributed by atoms with Gasteiger partial charge in [-0.2, -0.15) is 0 Å². The predicted octanol–water partition coefficient (Wildman–Crippen LogP) is 13.4. The predicted molar refractivity (Wildman–Crippen MR) is 225 cm³/mol. The van der Waals surface area contributed by atoms with Crippen LogP contribution in [0.4, 0.5) is 0 Å². The van der Waals surface area contributed by atoms with Crippen LogP contribution in [-0.2, 0) is 0 Å². The molecule has 4 heteroatoms. The second-order valence-corrected chi connectivity index (χ2v) is 13.6. The van der Waals surface area contributed by atoms with Crippen LogP contribution in [0.2, 0.25) is 0 Å². The molecule has 0 atom stereocenters. The summed E-state index contributed by atoms with van der Waals surface area (Å²) >= 11 is 0. The average molecular weight is 704 g/mol. The lowest BCUT2D eigenvalue weighted by atomic mass is 9.99. The first-order chi connectivity index (χ1) is 27.2. The smallest absolute Gasteiger partial charge is 0.164 e. The molecule has 2 aromatic heterocycles. The normalized spacial score (nSPS) is 11.3. The van der Waals surface area contributed by atoms with Gasteiger partial charge in [-0.3, -0.25) is 0 Å². The minimum absolute atomic E-state index is 0.582. The molecule has 2 heterocycles. The second kappa shape index (κ2) is 13.8. The quantitative estimate of drug-likeness (QED) is 0.166. The van der Waals surface area contributed by atoms with Crippen LogP contribution in [0.5, 0.6) is 0 Å². The van der Waals surface area contributed by atoms with Gasteiger partial charge >= 0.3 is 0 Å². The lowest BCUT2D eigenvalue weighted by molar-refractivity contribution is 0.670. The molecule has 0 bridgehead atoms. The van der Waals surface area contributed by atoms with Crippen molar-refractivity contribution in [2.24, 2.45) is 0 Å². The first-order valence-electron chi connectivity index (χ1n) is 18.4. The van der Waals surface area contributed by atoms with Crippen LogP contribution < -0.4 is 0 Å².